The van der Waals surface area contributed by atoms with Crippen LogP contribution in [0.4, 0.5) is 0 Å². The van der Waals surface area contributed by atoms with E-state index in [0.717, 1.165) is 21.3 Å². The molecular formula is C29H23BrClNO4. The minimum absolute atomic E-state index is 0.115. The topological polar surface area (TPSA) is 64.6 Å². The van der Waals surface area contributed by atoms with Gasteiger partial charge in [-0.25, -0.2) is 4.79 Å². The Balaban J connectivity index is 1.64. The Kier molecular flexibility index (Phi) is 6.73. The molecule has 5 rings (SSSR count). The zero-order valence-corrected chi connectivity index (χ0v) is 22.1. The second kappa shape index (κ2) is 9.96. The Labute approximate surface area is 222 Å². The minimum atomic E-state index is -0.669. The fourth-order valence-electron chi connectivity index (χ4n) is 4.74. The van der Waals surface area contributed by atoms with Gasteiger partial charge in [0, 0.05) is 37.5 Å². The van der Waals surface area contributed by atoms with Crippen molar-refractivity contribution >= 4 is 45.0 Å². The Bertz CT molecular complexity index is 1440. The maximum Gasteiger partial charge on any atom is 0.336 e. The van der Waals surface area contributed by atoms with E-state index in [-0.39, 0.29) is 12.4 Å². The van der Waals surface area contributed by atoms with Crippen LogP contribution in [0.25, 0.3) is 5.70 Å². The Hall–Kier alpha value is -3.35. The molecule has 1 heterocycles. The Morgan fingerprint density at radius 1 is 1.06 bits per heavy atom. The van der Waals surface area contributed by atoms with Crippen LogP contribution in [0, 0.1) is 0 Å². The van der Waals surface area contributed by atoms with E-state index in [1.54, 1.807) is 6.92 Å². The lowest BCUT2D eigenvalue weighted by molar-refractivity contribution is -0.138. The molecule has 0 unspecified atom stereocenters. The van der Waals surface area contributed by atoms with E-state index >= 15 is 0 Å². The summed E-state index contributed by atoms with van der Waals surface area (Å²) in [6, 6.07) is 20.5. The van der Waals surface area contributed by atoms with E-state index in [0.29, 0.717) is 45.3 Å². The van der Waals surface area contributed by atoms with Crippen molar-refractivity contribution in [2.45, 2.75) is 26.4 Å². The number of dihydropyridines is 1. The molecule has 0 aromatic heterocycles. The SMILES string of the molecule is CCOC(=O)C1=C(C)NC2=C(C(=O)c3ccccc32)[C@@H]1c1cc(Br)ccc1OCc1ccc(Cl)cc1. The third kappa shape index (κ3) is 4.36. The number of halogens is 2. The third-order valence-electron chi connectivity index (χ3n) is 6.33. The summed E-state index contributed by atoms with van der Waals surface area (Å²) in [5.41, 5.74) is 5.35. The Morgan fingerprint density at radius 2 is 1.78 bits per heavy atom. The average molecular weight is 565 g/mol. The van der Waals surface area contributed by atoms with Gasteiger partial charge < -0.3 is 14.8 Å². The predicted molar refractivity (Wildman–Crippen MR) is 143 cm³/mol. The number of allylic oxidation sites excluding steroid dienone is 2. The summed E-state index contributed by atoms with van der Waals surface area (Å²) < 4.78 is 12.5. The van der Waals surface area contributed by atoms with Gasteiger partial charge in [0.05, 0.1) is 23.8 Å². The largest absolute Gasteiger partial charge is 0.489 e. The number of hydrogen-bond acceptors (Lipinski definition) is 5. The maximum atomic E-state index is 13.7. The molecule has 0 fully saturated rings. The molecule has 0 spiro atoms. The van der Waals surface area contributed by atoms with Crippen molar-refractivity contribution in [2.24, 2.45) is 0 Å². The number of rotatable bonds is 6. The lowest BCUT2D eigenvalue weighted by Crippen LogP contribution is -2.29. The highest BCUT2D eigenvalue weighted by molar-refractivity contribution is 9.10. The van der Waals surface area contributed by atoms with E-state index in [9.17, 15) is 9.59 Å². The second-order valence-corrected chi connectivity index (χ2v) is 9.93. The molecular weight excluding hydrogens is 542 g/mol. The van der Waals surface area contributed by atoms with E-state index < -0.39 is 11.9 Å². The maximum absolute atomic E-state index is 13.7. The standard InChI is InChI=1S/C29H23BrClNO4/c1-3-35-29(34)24-16(2)32-27-20-6-4-5-7-21(20)28(33)26(27)25(24)22-14-18(30)10-13-23(22)36-15-17-8-11-19(31)12-9-17/h4-14,25,32H,3,15H2,1-2H3/t25-/m1/s1. The van der Waals surface area contributed by atoms with E-state index in [1.807, 2.05) is 73.7 Å². The van der Waals surface area contributed by atoms with Gasteiger partial charge in [0.25, 0.3) is 0 Å². The van der Waals surface area contributed by atoms with Crippen molar-refractivity contribution in [3.63, 3.8) is 0 Å². The number of ether oxygens (including phenoxy) is 2. The monoisotopic (exact) mass is 563 g/mol. The zero-order valence-electron chi connectivity index (χ0n) is 19.7. The molecule has 182 valence electrons. The second-order valence-electron chi connectivity index (χ2n) is 8.58. The summed E-state index contributed by atoms with van der Waals surface area (Å²) in [6.07, 6.45) is 0. The fraction of sp³-hybridized carbons (Fsp3) is 0.172. The van der Waals surface area contributed by atoms with Crippen molar-refractivity contribution in [3.8, 4) is 5.75 Å². The van der Waals surface area contributed by atoms with E-state index in [2.05, 4.69) is 21.2 Å². The average Bonchev–Trinajstić information content (AvgIpc) is 3.15. The van der Waals surface area contributed by atoms with Crippen LogP contribution in [0.2, 0.25) is 5.02 Å². The van der Waals surface area contributed by atoms with E-state index in [1.165, 1.54) is 0 Å². The van der Waals surface area contributed by atoms with Gasteiger partial charge in [-0.3, -0.25) is 4.79 Å². The number of fused-ring (bicyclic) bond motifs is 2. The van der Waals surface area contributed by atoms with Crippen molar-refractivity contribution in [1.82, 2.24) is 5.32 Å². The van der Waals surface area contributed by atoms with Gasteiger partial charge in [0.15, 0.2) is 5.78 Å². The first-order valence-corrected chi connectivity index (χ1v) is 12.8. The molecule has 0 saturated carbocycles. The van der Waals surface area contributed by atoms with Crippen molar-refractivity contribution in [3.05, 3.63) is 115 Å². The highest BCUT2D eigenvalue weighted by atomic mass is 79.9. The van der Waals surface area contributed by atoms with Crippen LogP contribution in [0.3, 0.4) is 0 Å². The number of carbonyl (C=O) groups is 2. The van der Waals surface area contributed by atoms with Gasteiger partial charge >= 0.3 is 5.97 Å². The molecule has 7 heteroatoms. The summed E-state index contributed by atoms with van der Waals surface area (Å²) in [6.45, 7) is 4.12. The van der Waals surface area contributed by atoms with Crippen LogP contribution in [-0.2, 0) is 16.1 Å². The molecule has 2 aliphatic rings. The van der Waals surface area contributed by atoms with Gasteiger partial charge in [0.2, 0.25) is 0 Å². The van der Waals surface area contributed by atoms with Gasteiger partial charge in [-0.2, -0.15) is 0 Å². The number of esters is 1. The first-order valence-electron chi connectivity index (χ1n) is 11.6. The van der Waals surface area contributed by atoms with Crippen molar-refractivity contribution in [1.29, 1.82) is 0 Å². The van der Waals surface area contributed by atoms with Crippen LogP contribution in [-0.4, -0.2) is 18.4 Å². The molecule has 3 aromatic rings. The van der Waals surface area contributed by atoms with E-state index in [4.69, 9.17) is 21.1 Å². The molecule has 1 N–H and O–H groups in total. The molecule has 1 atom stereocenters. The van der Waals surface area contributed by atoms with Crippen molar-refractivity contribution in [2.75, 3.05) is 6.61 Å². The molecule has 0 bridgehead atoms. The van der Waals surface area contributed by atoms with Gasteiger partial charge in [-0.15, -0.1) is 0 Å². The zero-order chi connectivity index (χ0) is 25.4. The highest BCUT2D eigenvalue weighted by Gasteiger charge is 2.44. The molecule has 5 nitrogen and oxygen atoms in total. The van der Waals surface area contributed by atoms with Crippen LogP contribution in [0.5, 0.6) is 5.75 Å². The smallest absolute Gasteiger partial charge is 0.336 e. The lowest BCUT2D eigenvalue weighted by atomic mass is 9.79. The molecule has 3 aromatic carbocycles. The Morgan fingerprint density at radius 3 is 2.50 bits per heavy atom. The van der Waals surface area contributed by atoms with Crippen LogP contribution in [0.1, 0.15) is 46.8 Å². The summed E-state index contributed by atoms with van der Waals surface area (Å²) >= 11 is 9.59. The van der Waals surface area contributed by atoms with Crippen LogP contribution < -0.4 is 10.1 Å². The molecule has 0 radical (unpaired) electrons. The lowest BCUT2D eigenvalue weighted by Gasteiger charge is -2.30. The highest BCUT2D eigenvalue weighted by Crippen LogP contribution is 2.49. The number of hydrogen-bond donors (Lipinski definition) is 1. The first kappa shape index (κ1) is 24.3. The van der Waals surface area contributed by atoms with Crippen molar-refractivity contribution < 1.29 is 19.1 Å². The summed E-state index contributed by atoms with van der Waals surface area (Å²) in [7, 11) is 0. The molecule has 0 saturated heterocycles. The predicted octanol–water partition coefficient (Wildman–Crippen LogP) is 6.81. The van der Waals surface area contributed by atoms with Crippen LogP contribution in [0.15, 0.2) is 88.0 Å². The first-order chi connectivity index (χ1) is 17.4. The number of nitrogens with one attached hydrogen (secondary N) is 1. The van der Waals surface area contributed by atoms with Gasteiger partial charge in [-0.1, -0.05) is 63.9 Å². The number of carbonyl (C=O) groups excluding carboxylic acids is 2. The third-order valence-corrected chi connectivity index (χ3v) is 7.08. The summed E-state index contributed by atoms with van der Waals surface area (Å²) in [5, 5.41) is 3.97. The van der Waals surface area contributed by atoms with Crippen LogP contribution >= 0.6 is 27.5 Å². The van der Waals surface area contributed by atoms with Gasteiger partial charge in [0.1, 0.15) is 12.4 Å². The number of benzene rings is 3. The number of ketones is 1. The summed E-state index contributed by atoms with van der Waals surface area (Å²) in [4.78, 5) is 27.0. The normalized spacial score (nSPS) is 16.4. The minimum Gasteiger partial charge on any atom is -0.489 e. The summed E-state index contributed by atoms with van der Waals surface area (Å²) in [5.74, 6) is -0.675. The fourth-order valence-corrected chi connectivity index (χ4v) is 5.24. The quantitative estimate of drug-likeness (QED) is 0.333. The molecule has 1 aliphatic carbocycles. The number of Topliss-reactive ketones (excluding diaryl/α,β-unsaturated/α-hetero) is 1. The van der Waals surface area contributed by atoms with Gasteiger partial charge in [-0.05, 0) is 49.7 Å². The molecule has 1 aliphatic heterocycles. The molecule has 36 heavy (non-hydrogen) atoms. The molecule has 0 amide bonds.